The molecule has 6 heteroatoms. The zero-order valence-electron chi connectivity index (χ0n) is 14.4. The van der Waals surface area contributed by atoms with Gasteiger partial charge in [-0.25, -0.2) is 4.79 Å². The first-order valence-electron chi connectivity index (χ1n) is 8.22. The van der Waals surface area contributed by atoms with Gasteiger partial charge in [0.2, 0.25) is 0 Å². The van der Waals surface area contributed by atoms with Crippen LogP contribution in [0.1, 0.15) is 9.67 Å². The van der Waals surface area contributed by atoms with Gasteiger partial charge in [-0.15, -0.1) is 11.3 Å². The first-order valence-corrected chi connectivity index (χ1v) is 9.04. The molecule has 0 atom stereocenters. The Kier molecular flexibility index (Phi) is 4.25. The molecule has 4 rings (SSSR count). The molecule has 0 fully saturated rings. The van der Waals surface area contributed by atoms with Crippen molar-refractivity contribution in [1.29, 1.82) is 0 Å². The van der Waals surface area contributed by atoms with Crippen LogP contribution in [0.2, 0.25) is 0 Å². The average molecular weight is 377 g/mol. The smallest absolute Gasteiger partial charge is 0.346 e. The topological polar surface area (TPSA) is 68.5 Å². The maximum absolute atomic E-state index is 12.6. The number of benzene rings is 2. The van der Waals surface area contributed by atoms with Gasteiger partial charge in [0.05, 0.1) is 12.8 Å². The van der Waals surface area contributed by atoms with Crippen molar-refractivity contribution in [1.82, 2.24) is 4.57 Å². The lowest BCUT2D eigenvalue weighted by Crippen LogP contribution is -2.16. The summed E-state index contributed by atoms with van der Waals surface area (Å²) in [6, 6.07) is 19.6. The number of carbonyl (C=O) groups is 1. The lowest BCUT2D eigenvalue weighted by molar-refractivity contribution is 0.0703. The second kappa shape index (κ2) is 6.74. The molecule has 0 unspecified atom stereocenters. The van der Waals surface area contributed by atoms with E-state index in [2.05, 4.69) is 0 Å². The summed E-state index contributed by atoms with van der Waals surface area (Å²) in [6.07, 6.45) is 0. The number of rotatable bonds is 4. The largest absolute Gasteiger partial charge is 0.496 e. The molecule has 134 valence electrons. The molecule has 0 radical (unpaired) electrons. The molecular formula is C21H15NO4S. The van der Waals surface area contributed by atoms with Crippen molar-refractivity contribution in [2.75, 3.05) is 7.11 Å². The summed E-state index contributed by atoms with van der Waals surface area (Å²) in [6.45, 7) is 0. The summed E-state index contributed by atoms with van der Waals surface area (Å²) in [7, 11) is 1.55. The molecule has 0 saturated carbocycles. The number of carboxylic acid groups (broad SMARTS) is 1. The van der Waals surface area contributed by atoms with E-state index in [-0.39, 0.29) is 10.4 Å². The number of para-hydroxylation sites is 2. The van der Waals surface area contributed by atoms with Crippen LogP contribution in [0.5, 0.6) is 5.75 Å². The van der Waals surface area contributed by atoms with Crippen LogP contribution in [0, 0.1) is 0 Å². The van der Waals surface area contributed by atoms with E-state index in [4.69, 9.17) is 4.74 Å². The molecule has 0 aliphatic carbocycles. The van der Waals surface area contributed by atoms with Crippen molar-refractivity contribution in [3.8, 4) is 22.6 Å². The van der Waals surface area contributed by atoms with E-state index in [1.165, 1.54) is 6.07 Å². The Hall–Kier alpha value is -3.38. The summed E-state index contributed by atoms with van der Waals surface area (Å²) in [4.78, 5) is 25.3. The third-order valence-corrected chi connectivity index (χ3v) is 5.51. The monoisotopic (exact) mass is 377 g/mol. The van der Waals surface area contributed by atoms with Gasteiger partial charge in [0, 0.05) is 22.6 Å². The van der Waals surface area contributed by atoms with Crippen LogP contribution >= 0.6 is 11.3 Å². The molecule has 0 saturated heterocycles. The maximum Gasteiger partial charge on any atom is 0.346 e. The fourth-order valence-corrected chi connectivity index (χ4v) is 4.34. The van der Waals surface area contributed by atoms with Crippen LogP contribution < -0.4 is 10.3 Å². The summed E-state index contributed by atoms with van der Waals surface area (Å²) >= 11 is 1.09. The standard InChI is InChI=1S/C21H15NO4S/c1-26-16-10-6-5-9-14(16)18-15-11-12-17(23)22(13-7-3-2-4-8-13)20(15)27-19(18)21(24)25/h2-12H,1H3,(H,24,25). The van der Waals surface area contributed by atoms with Gasteiger partial charge in [-0.3, -0.25) is 9.36 Å². The Labute approximate surface area is 158 Å². The number of thiophene rings is 1. The lowest BCUT2D eigenvalue weighted by atomic mass is 10.0. The fourth-order valence-electron chi connectivity index (χ4n) is 3.17. The fraction of sp³-hybridized carbons (Fsp3) is 0.0476. The molecule has 27 heavy (non-hydrogen) atoms. The van der Waals surface area contributed by atoms with Gasteiger partial charge in [-0.2, -0.15) is 0 Å². The van der Waals surface area contributed by atoms with E-state index < -0.39 is 5.97 Å². The van der Waals surface area contributed by atoms with Crippen molar-refractivity contribution < 1.29 is 14.6 Å². The van der Waals surface area contributed by atoms with Crippen molar-refractivity contribution in [3.05, 3.63) is 82.0 Å². The number of aromatic carboxylic acids is 1. The van der Waals surface area contributed by atoms with Gasteiger partial charge in [-0.1, -0.05) is 36.4 Å². The Balaban J connectivity index is 2.13. The van der Waals surface area contributed by atoms with Crippen LogP contribution in [0.15, 0.2) is 71.5 Å². The van der Waals surface area contributed by atoms with Crippen molar-refractivity contribution in [2.24, 2.45) is 0 Å². The molecule has 0 aliphatic rings. The summed E-state index contributed by atoms with van der Waals surface area (Å²) < 4.78 is 6.98. The number of pyridine rings is 1. The number of ether oxygens (including phenoxy) is 1. The van der Waals surface area contributed by atoms with Crippen LogP contribution in [-0.4, -0.2) is 22.8 Å². The third-order valence-electron chi connectivity index (χ3n) is 4.33. The van der Waals surface area contributed by atoms with Gasteiger partial charge in [-0.05, 0) is 24.3 Å². The van der Waals surface area contributed by atoms with Crippen LogP contribution in [0.4, 0.5) is 0 Å². The number of fused-ring (bicyclic) bond motifs is 1. The van der Waals surface area contributed by atoms with Crippen LogP contribution in [-0.2, 0) is 0 Å². The number of nitrogens with zero attached hydrogens (tertiary/aromatic N) is 1. The Bertz CT molecular complexity index is 1210. The zero-order valence-corrected chi connectivity index (χ0v) is 15.2. The second-order valence-corrected chi connectivity index (χ2v) is 6.87. The number of methoxy groups -OCH3 is 1. The molecule has 4 aromatic rings. The molecule has 0 bridgehead atoms. The minimum absolute atomic E-state index is 0.171. The molecule has 5 nitrogen and oxygen atoms in total. The highest BCUT2D eigenvalue weighted by atomic mass is 32.1. The first-order chi connectivity index (χ1) is 13.1. The van der Waals surface area contributed by atoms with Crippen molar-refractivity contribution in [2.45, 2.75) is 0 Å². The highest BCUT2D eigenvalue weighted by Crippen LogP contribution is 2.42. The third kappa shape index (κ3) is 2.80. The van der Waals surface area contributed by atoms with Crippen molar-refractivity contribution in [3.63, 3.8) is 0 Å². The number of hydrogen-bond acceptors (Lipinski definition) is 4. The predicted molar refractivity (Wildman–Crippen MR) is 106 cm³/mol. The quantitative estimate of drug-likeness (QED) is 0.571. The minimum atomic E-state index is -1.04. The van der Waals surface area contributed by atoms with Gasteiger partial charge >= 0.3 is 5.97 Å². The maximum atomic E-state index is 12.6. The molecule has 2 aromatic heterocycles. The highest BCUT2D eigenvalue weighted by Gasteiger charge is 2.23. The zero-order chi connectivity index (χ0) is 19.0. The van der Waals surface area contributed by atoms with Gasteiger partial charge in [0.1, 0.15) is 15.5 Å². The van der Waals surface area contributed by atoms with E-state index in [1.807, 2.05) is 48.5 Å². The van der Waals surface area contributed by atoms with Crippen LogP contribution in [0.3, 0.4) is 0 Å². The average Bonchev–Trinajstić information content (AvgIpc) is 3.08. The number of carboxylic acids is 1. The normalized spacial score (nSPS) is 10.9. The molecule has 0 spiro atoms. The summed E-state index contributed by atoms with van der Waals surface area (Å²) in [5.74, 6) is -0.457. The SMILES string of the molecule is COc1ccccc1-c1c(C(=O)O)sc2c1ccc(=O)n2-c1ccccc1. The Morgan fingerprint density at radius 2 is 1.70 bits per heavy atom. The number of hydrogen-bond donors (Lipinski definition) is 1. The highest BCUT2D eigenvalue weighted by molar-refractivity contribution is 7.21. The van der Waals surface area contributed by atoms with Gasteiger partial charge in [0.15, 0.2) is 0 Å². The molecule has 2 heterocycles. The molecular weight excluding hydrogens is 362 g/mol. The van der Waals surface area contributed by atoms with E-state index in [0.717, 1.165) is 11.3 Å². The predicted octanol–water partition coefficient (Wildman–Crippen LogP) is 4.43. The van der Waals surface area contributed by atoms with E-state index in [0.29, 0.717) is 32.8 Å². The van der Waals surface area contributed by atoms with Crippen LogP contribution in [0.25, 0.3) is 27.0 Å². The minimum Gasteiger partial charge on any atom is -0.496 e. The summed E-state index contributed by atoms with van der Waals surface area (Å²) in [5, 5.41) is 10.5. The Morgan fingerprint density at radius 1 is 1.00 bits per heavy atom. The van der Waals surface area contributed by atoms with Crippen molar-refractivity contribution >= 4 is 27.5 Å². The van der Waals surface area contributed by atoms with E-state index in [9.17, 15) is 14.7 Å². The van der Waals surface area contributed by atoms with E-state index >= 15 is 0 Å². The van der Waals surface area contributed by atoms with E-state index in [1.54, 1.807) is 23.8 Å². The number of aromatic nitrogens is 1. The van der Waals surface area contributed by atoms with Gasteiger partial charge in [0.25, 0.3) is 5.56 Å². The molecule has 1 N–H and O–H groups in total. The lowest BCUT2D eigenvalue weighted by Gasteiger charge is -2.10. The summed E-state index contributed by atoms with van der Waals surface area (Å²) in [5.41, 5.74) is 1.72. The molecule has 2 aromatic carbocycles. The molecule has 0 aliphatic heterocycles. The van der Waals surface area contributed by atoms with Gasteiger partial charge < -0.3 is 9.84 Å². The first kappa shape index (κ1) is 17.1. The second-order valence-electron chi connectivity index (χ2n) is 5.87. The Morgan fingerprint density at radius 3 is 2.41 bits per heavy atom. The molecule has 0 amide bonds.